The van der Waals surface area contributed by atoms with Crippen LogP contribution in [0.15, 0.2) is 47.8 Å². The quantitative estimate of drug-likeness (QED) is 0.284. The molecule has 1 fully saturated rings. The summed E-state index contributed by atoms with van der Waals surface area (Å²) in [5.41, 5.74) is 1.06. The molecule has 1 aliphatic carbocycles. The first kappa shape index (κ1) is 25.7. The summed E-state index contributed by atoms with van der Waals surface area (Å²) in [6.45, 7) is 0.0170. The van der Waals surface area contributed by atoms with Gasteiger partial charge in [0.15, 0.2) is 11.5 Å². The molecule has 9 nitrogen and oxygen atoms in total. The first-order chi connectivity index (χ1) is 19.1. The van der Waals surface area contributed by atoms with Crippen LogP contribution in [0.4, 0.5) is 17.6 Å². The lowest BCUT2D eigenvalue weighted by Gasteiger charge is -2.13. The molecule has 1 aliphatic rings. The van der Waals surface area contributed by atoms with Crippen molar-refractivity contribution in [1.29, 1.82) is 0 Å². The predicted molar refractivity (Wildman–Crippen MR) is 137 cm³/mol. The van der Waals surface area contributed by atoms with E-state index in [0.717, 1.165) is 19.0 Å². The molecule has 6 rings (SSSR count). The number of imidazole rings is 2. The second-order valence-electron chi connectivity index (χ2n) is 9.76. The van der Waals surface area contributed by atoms with Crippen LogP contribution in [-0.2, 0) is 26.8 Å². The molecule has 0 saturated heterocycles. The van der Waals surface area contributed by atoms with E-state index in [-0.39, 0.29) is 35.4 Å². The molecular weight excluding hydrogens is 530 g/mol. The lowest BCUT2D eigenvalue weighted by atomic mass is 10.1. The van der Waals surface area contributed by atoms with E-state index in [0.29, 0.717) is 27.9 Å². The standard InChI is InChI=1S/C27H23F4N7O2/c1-36-12-18(27(29,30)31)35-24(36)16-6-4-14(5-7-16)11-38-23-17(37(2)26(38)39)10-32-22(20(23)28)19-21(15-8-9-15)33-13-34-25(19)40-3/h4-7,10,12-13,15H,8-9,11H2,1-3H3. The number of methoxy groups -OCH3 is 1. The molecule has 206 valence electrons. The Morgan fingerprint density at radius 1 is 1.07 bits per heavy atom. The number of alkyl halides is 3. The van der Waals surface area contributed by atoms with Gasteiger partial charge >= 0.3 is 11.9 Å². The predicted octanol–water partition coefficient (Wildman–Crippen LogP) is 4.68. The summed E-state index contributed by atoms with van der Waals surface area (Å²) in [4.78, 5) is 29.8. The van der Waals surface area contributed by atoms with Crippen LogP contribution in [0.25, 0.3) is 33.7 Å². The van der Waals surface area contributed by atoms with Crippen LogP contribution in [0.1, 0.15) is 35.7 Å². The van der Waals surface area contributed by atoms with E-state index in [1.165, 1.54) is 47.4 Å². The van der Waals surface area contributed by atoms with Crippen molar-refractivity contribution in [3.63, 3.8) is 0 Å². The number of aromatic nitrogens is 7. The van der Waals surface area contributed by atoms with Crippen LogP contribution in [0.2, 0.25) is 0 Å². The third-order valence-electron chi connectivity index (χ3n) is 7.08. The van der Waals surface area contributed by atoms with Gasteiger partial charge in [-0.3, -0.25) is 14.1 Å². The molecule has 0 aliphatic heterocycles. The minimum Gasteiger partial charge on any atom is -0.480 e. The highest BCUT2D eigenvalue weighted by atomic mass is 19.4. The van der Waals surface area contributed by atoms with E-state index >= 15 is 4.39 Å². The van der Waals surface area contributed by atoms with Crippen LogP contribution in [0, 0.1) is 5.82 Å². The first-order valence-corrected chi connectivity index (χ1v) is 12.4. The monoisotopic (exact) mass is 553 g/mol. The zero-order valence-electron chi connectivity index (χ0n) is 21.7. The van der Waals surface area contributed by atoms with Crippen molar-refractivity contribution in [2.75, 3.05) is 7.11 Å². The average Bonchev–Trinajstić information content (AvgIpc) is 3.66. The lowest BCUT2D eigenvalue weighted by Crippen LogP contribution is -2.22. The molecule has 0 radical (unpaired) electrons. The highest BCUT2D eigenvalue weighted by Crippen LogP contribution is 2.46. The molecule has 0 atom stereocenters. The van der Waals surface area contributed by atoms with Crippen molar-refractivity contribution in [1.82, 2.24) is 33.6 Å². The summed E-state index contributed by atoms with van der Waals surface area (Å²) in [6, 6.07) is 6.57. The molecular formula is C27H23F4N7O2. The number of ether oxygens (including phenoxy) is 1. The number of fused-ring (bicyclic) bond motifs is 1. The third kappa shape index (κ3) is 4.21. The summed E-state index contributed by atoms with van der Waals surface area (Å²) < 4.78 is 64.9. The molecule has 5 aromatic rings. The van der Waals surface area contributed by atoms with Crippen molar-refractivity contribution >= 4 is 11.0 Å². The van der Waals surface area contributed by atoms with Gasteiger partial charge in [0, 0.05) is 31.8 Å². The van der Waals surface area contributed by atoms with E-state index < -0.39 is 23.4 Å². The van der Waals surface area contributed by atoms with Crippen LogP contribution < -0.4 is 10.4 Å². The number of aryl methyl sites for hydroxylation is 2. The summed E-state index contributed by atoms with van der Waals surface area (Å²) in [5, 5.41) is 0. The second-order valence-corrected chi connectivity index (χ2v) is 9.76. The van der Waals surface area contributed by atoms with Crippen LogP contribution >= 0.6 is 0 Å². The third-order valence-corrected chi connectivity index (χ3v) is 7.08. The molecule has 0 N–H and O–H groups in total. The van der Waals surface area contributed by atoms with Gasteiger partial charge in [0.05, 0.1) is 36.6 Å². The second kappa shape index (κ2) is 9.28. The smallest absolute Gasteiger partial charge is 0.434 e. The maximum absolute atomic E-state index is 16.3. The molecule has 13 heteroatoms. The molecule has 40 heavy (non-hydrogen) atoms. The fourth-order valence-corrected chi connectivity index (χ4v) is 4.91. The van der Waals surface area contributed by atoms with Gasteiger partial charge in [0.1, 0.15) is 23.4 Å². The van der Waals surface area contributed by atoms with E-state index in [4.69, 9.17) is 4.74 Å². The number of halogens is 4. The SMILES string of the molecule is COc1ncnc(C2CC2)c1-c1ncc2c(c1F)n(Cc1ccc(-c3nc(C(F)(F)F)cn3C)cc1)c(=O)n2C. The van der Waals surface area contributed by atoms with Crippen molar-refractivity contribution < 1.29 is 22.3 Å². The van der Waals surface area contributed by atoms with E-state index in [2.05, 4.69) is 19.9 Å². The number of rotatable bonds is 6. The molecule has 4 heterocycles. The van der Waals surface area contributed by atoms with Gasteiger partial charge in [-0.25, -0.2) is 24.1 Å². The number of pyridine rings is 1. The van der Waals surface area contributed by atoms with E-state index in [1.807, 2.05) is 0 Å². The van der Waals surface area contributed by atoms with Crippen molar-refractivity contribution in [2.45, 2.75) is 31.5 Å². The molecule has 0 bridgehead atoms. The summed E-state index contributed by atoms with van der Waals surface area (Å²) >= 11 is 0. The number of nitrogens with zero attached hydrogens (tertiary/aromatic N) is 7. The Bertz CT molecular complexity index is 1820. The van der Waals surface area contributed by atoms with Crippen LogP contribution in [0.3, 0.4) is 0 Å². The van der Waals surface area contributed by atoms with Gasteiger partial charge in [-0.1, -0.05) is 24.3 Å². The fraction of sp³-hybridized carbons (Fsp3) is 0.296. The van der Waals surface area contributed by atoms with E-state index in [1.54, 1.807) is 24.3 Å². The largest absolute Gasteiger partial charge is 0.480 e. The molecule has 4 aromatic heterocycles. The van der Waals surface area contributed by atoms with Crippen LogP contribution in [0.5, 0.6) is 5.88 Å². The molecule has 1 aromatic carbocycles. The normalized spacial score (nSPS) is 13.8. The van der Waals surface area contributed by atoms with E-state index in [9.17, 15) is 18.0 Å². The molecule has 0 unspecified atom stereocenters. The highest BCUT2D eigenvalue weighted by Gasteiger charge is 2.35. The zero-order chi connectivity index (χ0) is 28.3. The van der Waals surface area contributed by atoms with Crippen molar-refractivity contribution in [3.8, 4) is 28.5 Å². The number of hydrogen-bond donors (Lipinski definition) is 0. The topological polar surface area (TPSA) is 92.7 Å². The Morgan fingerprint density at radius 2 is 1.80 bits per heavy atom. The maximum Gasteiger partial charge on any atom is 0.434 e. The van der Waals surface area contributed by atoms with Gasteiger partial charge in [-0.2, -0.15) is 13.2 Å². The van der Waals surface area contributed by atoms with Gasteiger partial charge in [0.25, 0.3) is 0 Å². The summed E-state index contributed by atoms with van der Waals surface area (Å²) in [5.74, 6) is -0.194. The van der Waals surface area contributed by atoms with Crippen molar-refractivity contribution in [3.05, 3.63) is 76.2 Å². The number of hydrogen-bond acceptors (Lipinski definition) is 6. The van der Waals surface area contributed by atoms with Crippen LogP contribution in [-0.4, -0.2) is 40.7 Å². The average molecular weight is 554 g/mol. The molecule has 0 spiro atoms. The van der Waals surface area contributed by atoms with Gasteiger partial charge in [-0.15, -0.1) is 0 Å². The maximum atomic E-state index is 16.3. The minimum atomic E-state index is -4.56. The number of benzene rings is 1. The lowest BCUT2D eigenvalue weighted by molar-refractivity contribution is -0.140. The van der Waals surface area contributed by atoms with Gasteiger partial charge in [0.2, 0.25) is 5.88 Å². The van der Waals surface area contributed by atoms with Crippen molar-refractivity contribution in [2.24, 2.45) is 14.1 Å². The fourth-order valence-electron chi connectivity index (χ4n) is 4.91. The summed E-state index contributed by atoms with van der Waals surface area (Å²) in [6.07, 6.45) is 1.02. The minimum absolute atomic E-state index is 0.00296. The van der Waals surface area contributed by atoms with Gasteiger partial charge in [-0.05, 0) is 18.4 Å². The Balaban J connectivity index is 1.41. The Morgan fingerprint density at radius 3 is 2.42 bits per heavy atom. The summed E-state index contributed by atoms with van der Waals surface area (Å²) in [7, 11) is 4.46. The highest BCUT2D eigenvalue weighted by molar-refractivity contribution is 5.83. The Kier molecular flexibility index (Phi) is 5.97. The first-order valence-electron chi connectivity index (χ1n) is 12.4. The zero-order valence-corrected chi connectivity index (χ0v) is 21.7. The molecule has 0 amide bonds. The molecule has 1 saturated carbocycles. The Hall–Kier alpha value is -4.55. The Labute approximate surface area is 224 Å². The van der Waals surface area contributed by atoms with Gasteiger partial charge < -0.3 is 9.30 Å².